The summed E-state index contributed by atoms with van der Waals surface area (Å²) >= 11 is 0. The molecule has 3 N–H and O–H groups in total. The van der Waals surface area contributed by atoms with Crippen molar-refractivity contribution in [3.8, 4) is 5.75 Å². The number of benzene rings is 2. The number of carbonyl (C=O) groups excluding carboxylic acids is 1. The predicted octanol–water partition coefficient (Wildman–Crippen LogP) is 2.80. The van der Waals surface area contributed by atoms with Crippen LogP contribution in [-0.2, 0) is 6.54 Å². The summed E-state index contributed by atoms with van der Waals surface area (Å²) in [4.78, 5) is 12.1. The number of carbonyl (C=O) groups is 1. The molecule has 20 heavy (non-hydrogen) atoms. The summed E-state index contributed by atoms with van der Waals surface area (Å²) in [6.45, 7) is 2.97. The fourth-order valence-corrected chi connectivity index (χ4v) is 1.84. The van der Waals surface area contributed by atoms with Gasteiger partial charge in [0.2, 0.25) is 0 Å². The maximum atomic E-state index is 12.1. The van der Waals surface area contributed by atoms with E-state index in [-0.39, 0.29) is 5.91 Å². The second-order valence-electron chi connectivity index (χ2n) is 4.32. The Balaban J connectivity index is 2.06. The van der Waals surface area contributed by atoms with Gasteiger partial charge in [-0.2, -0.15) is 0 Å². The molecule has 0 fully saturated rings. The molecule has 0 aliphatic rings. The number of amides is 1. The van der Waals surface area contributed by atoms with Gasteiger partial charge >= 0.3 is 0 Å². The molecule has 0 spiro atoms. The minimum Gasteiger partial charge on any atom is -0.494 e. The molecule has 2 aromatic carbocycles. The highest BCUT2D eigenvalue weighted by atomic mass is 16.5. The summed E-state index contributed by atoms with van der Waals surface area (Å²) < 4.78 is 5.35. The zero-order valence-corrected chi connectivity index (χ0v) is 11.4. The standard InChI is InChI=1S/C16H18N2O2/c1-2-20-15-8-6-14(7-9-15)18-16(19)13-5-3-4-12(10-13)11-17/h3-10H,2,11,17H2,1H3,(H,18,19). The van der Waals surface area contributed by atoms with Gasteiger partial charge in [-0.05, 0) is 48.9 Å². The van der Waals surface area contributed by atoms with Crippen LogP contribution in [0.4, 0.5) is 5.69 Å². The van der Waals surface area contributed by atoms with E-state index in [1.165, 1.54) is 0 Å². The molecular formula is C16H18N2O2. The highest BCUT2D eigenvalue weighted by molar-refractivity contribution is 6.04. The van der Waals surface area contributed by atoms with Gasteiger partial charge < -0.3 is 15.8 Å². The van der Waals surface area contributed by atoms with Crippen molar-refractivity contribution < 1.29 is 9.53 Å². The molecule has 0 aliphatic heterocycles. The van der Waals surface area contributed by atoms with Crippen molar-refractivity contribution in [2.24, 2.45) is 5.73 Å². The van der Waals surface area contributed by atoms with Crippen LogP contribution in [0.5, 0.6) is 5.75 Å². The molecule has 104 valence electrons. The molecule has 0 aromatic heterocycles. The van der Waals surface area contributed by atoms with Gasteiger partial charge in [-0.1, -0.05) is 12.1 Å². The summed E-state index contributed by atoms with van der Waals surface area (Å²) in [7, 11) is 0. The maximum absolute atomic E-state index is 12.1. The molecule has 0 bridgehead atoms. The minimum absolute atomic E-state index is 0.149. The van der Waals surface area contributed by atoms with Crippen molar-refractivity contribution in [3.05, 3.63) is 59.7 Å². The van der Waals surface area contributed by atoms with E-state index in [0.717, 1.165) is 17.0 Å². The van der Waals surface area contributed by atoms with Gasteiger partial charge in [-0.25, -0.2) is 0 Å². The third-order valence-corrected chi connectivity index (χ3v) is 2.85. The molecule has 0 saturated heterocycles. The third kappa shape index (κ3) is 3.59. The van der Waals surface area contributed by atoms with E-state index in [9.17, 15) is 4.79 Å². The quantitative estimate of drug-likeness (QED) is 0.878. The molecular weight excluding hydrogens is 252 g/mol. The first-order chi connectivity index (χ1) is 9.72. The summed E-state index contributed by atoms with van der Waals surface area (Å²) in [6, 6.07) is 14.6. The van der Waals surface area contributed by atoms with Crippen LogP contribution in [0.25, 0.3) is 0 Å². The number of nitrogens with two attached hydrogens (primary N) is 1. The number of hydrogen-bond acceptors (Lipinski definition) is 3. The summed E-state index contributed by atoms with van der Waals surface area (Å²) in [5, 5.41) is 2.84. The van der Waals surface area contributed by atoms with Crippen LogP contribution >= 0.6 is 0 Å². The lowest BCUT2D eigenvalue weighted by molar-refractivity contribution is 0.102. The summed E-state index contributed by atoms with van der Waals surface area (Å²) in [5.74, 6) is 0.639. The van der Waals surface area contributed by atoms with Crippen LogP contribution in [-0.4, -0.2) is 12.5 Å². The van der Waals surface area contributed by atoms with Gasteiger partial charge in [-0.3, -0.25) is 4.79 Å². The van der Waals surface area contributed by atoms with Gasteiger partial charge in [0.15, 0.2) is 0 Å². The van der Waals surface area contributed by atoms with Crippen molar-refractivity contribution in [2.75, 3.05) is 11.9 Å². The number of ether oxygens (including phenoxy) is 1. The Morgan fingerprint density at radius 1 is 1.20 bits per heavy atom. The van der Waals surface area contributed by atoms with E-state index in [1.807, 2.05) is 43.3 Å². The van der Waals surface area contributed by atoms with Crippen molar-refractivity contribution in [1.29, 1.82) is 0 Å². The Labute approximate surface area is 118 Å². The molecule has 0 radical (unpaired) electrons. The Bertz CT molecular complexity index is 579. The van der Waals surface area contributed by atoms with Crippen LogP contribution in [0, 0.1) is 0 Å². The van der Waals surface area contributed by atoms with E-state index >= 15 is 0 Å². The molecule has 1 amide bonds. The average molecular weight is 270 g/mol. The molecule has 0 saturated carbocycles. The third-order valence-electron chi connectivity index (χ3n) is 2.85. The SMILES string of the molecule is CCOc1ccc(NC(=O)c2cccc(CN)c2)cc1. The molecule has 2 rings (SSSR count). The van der Waals surface area contributed by atoms with Crippen LogP contribution in [0.15, 0.2) is 48.5 Å². The highest BCUT2D eigenvalue weighted by Gasteiger charge is 2.06. The Morgan fingerprint density at radius 2 is 1.95 bits per heavy atom. The summed E-state index contributed by atoms with van der Waals surface area (Å²) in [5.41, 5.74) is 7.84. The molecule has 0 heterocycles. The Hall–Kier alpha value is -2.33. The number of hydrogen-bond donors (Lipinski definition) is 2. The molecule has 2 aromatic rings. The van der Waals surface area contributed by atoms with Crippen molar-refractivity contribution in [3.63, 3.8) is 0 Å². The average Bonchev–Trinajstić information content (AvgIpc) is 2.49. The van der Waals surface area contributed by atoms with Crippen LogP contribution in [0.2, 0.25) is 0 Å². The van der Waals surface area contributed by atoms with Gasteiger partial charge in [0.1, 0.15) is 5.75 Å². The predicted molar refractivity (Wildman–Crippen MR) is 79.9 cm³/mol. The lowest BCUT2D eigenvalue weighted by Gasteiger charge is -2.08. The van der Waals surface area contributed by atoms with Crippen LogP contribution < -0.4 is 15.8 Å². The van der Waals surface area contributed by atoms with Gasteiger partial charge in [0.25, 0.3) is 5.91 Å². The first-order valence-electron chi connectivity index (χ1n) is 6.56. The van der Waals surface area contributed by atoms with Crippen LogP contribution in [0.1, 0.15) is 22.8 Å². The van der Waals surface area contributed by atoms with Gasteiger partial charge in [-0.15, -0.1) is 0 Å². The minimum atomic E-state index is -0.149. The van der Waals surface area contributed by atoms with Crippen molar-refractivity contribution >= 4 is 11.6 Å². The Kier molecular flexibility index (Phi) is 4.74. The first-order valence-corrected chi connectivity index (χ1v) is 6.56. The molecule has 4 nitrogen and oxygen atoms in total. The topological polar surface area (TPSA) is 64.3 Å². The summed E-state index contributed by atoms with van der Waals surface area (Å²) in [6.07, 6.45) is 0. The zero-order valence-electron chi connectivity index (χ0n) is 11.4. The van der Waals surface area contributed by atoms with E-state index in [1.54, 1.807) is 12.1 Å². The smallest absolute Gasteiger partial charge is 0.255 e. The van der Waals surface area contributed by atoms with E-state index in [4.69, 9.17) is 10.5 Å². The number of anilines is 1. The fourth-order valence-electron chi connectivity index (χ4n) is 1.84. The normalized spacial score (nSPS) is 10.1. The highest BCUT2D eigenvalue weighted by Crippen LogP contribution is 2.16. The van der Waals surface area contributed by atoms with Gasteiger partial charge in [0, 0.05) is 17.8 Å². The van der Waals surface area contributed by atoms with Crippen molar-refractivity contribution in [2.45, 2.75) is 13.5 Å². The second kappa shape index (κ2) is 6.73. The first kappa shape index (κ1) is 14.1. The Morgan fingerprint density at radius 3 is 2.60 bits per heavy atom. The van der Waals surface area contributed by atoms with E-state index in [2.05, 4.69) is 5.32 Å². The lowest BCUT2D eigenvalue weighted by Crippen LogP contribution is -2.12. The molecule has 0 aliphatic carbocycles. The monoisotopic (exact) mass is 270 g/mol. The zero-order chi connectivity index (χ0) is 14.4. The van der Waals surface area contributed by atoms with Gasteiger partial charge in [0.05, 0.1) is 6.61 Å². The van der Waals surface area contributed by atoms with E-state index < -0.39 is 0 Å². The molecule has 0 unspecified atom stereocenters. The lowest BCUT2D eigenvalue weighted by atomic mass is 10.1. The fraction of sp³-hybridized carbons (Fsp3) is 0.188. The molecule has 4 heteroatoms. The van der Waals surface area contributed by atoms with Crippen LogP contribution in [0.3, 0.4) is 0 Å². The van der Waals surface area contributed by atoms with E-state index in [0.29, 0.717) is 18.7 Å². The van der Waals surface area contributed by atoms with Crippen molar-refractivity contribution in [1.82, 2.24) is 0 Å². The maximum Gasteiger partial charge on any atom is 0.255 e. The largest absolute Gasteiger partial charge is 0.494 e. The second-order valence-corrected chi connectivity index (χ2v) is 4.32. The number of nitrogens with one attached hydrogen (secondary N) is 1. The molecule has 0 atom stereocenters. The number of rotatable bonds is 5.